The Labute approximate surface area is 113 Å². The number of benzene rings is 2. The van der Waals surface area contributed by atoms with Gasteiger partial charge in [-0.1, -0.05) is 36.4 Å². The Hall–Kier alpha value is -2.03. The van der Waals surface area contributed by atoms with Crippen molar-refractivity contribution >= 4 is 16.7 Å². The second-order valence-corrected chi connectivity index (χ2v) is 4.86. The van der Waals surface area contributed by atoms with Crippen molar-refractivity contribution in [3.63, 3.8) is 0 Å². The molecule has 0 fully saturated rings. The number of fused-ring (bicyclic) bond motifs is 1. The maximum atomic E-state index is 11.9. The zero-order valence-corrected chi connectivity index (χ0v) is 11.6. The quantitative estimate of drug-likeness (QED) is 0.842. The lowest BCUT2D eigenvalue weighted by molar-refractivity contribution is -0.133. The molecule has 0 aliphatic carbocycles. The molecule has 0 radical (unpaired) electrons. The highest BCUT2D eigenvalue weighted by Gasteiger charge is 2.12. The predicted octanol–water partition coefficient (Wildman–Crippen LogP) is 3.09. The molecule has 0 N–H and O–H groups in total. The molecule has 0 aliphatic heterocycles. The topological polar surface area (TPSA) is 29.5 Å². The maximum Gasteiger partial charge on any atom is 0.260 e. The van der Waals surface area contributed by atoms with E-state index in [1.807, 2.05) is 56.3 Å². The molecule has 2 aromatic carbocycles. The lowest BCUT2D eigenvalue weighted by Gasteiger charge is -2.21. The number of rotatable bonds is 4. The first kappa shape index (κ1) is 13.4. The molecule has 2 aromatic rings. The van der Waals surface area contributed by atoms with Crippen LogP contribution in [0, 0.1) is 0 Å². The van der Waals surface area contributed by atoms with Gasteiger partial charge in [-0.2, -0.15) is 0 Å². The summed E-state index contributed by atoms with van der Waals surface area (Å²) in [6, 6.07) is 14.0. The minimum atomic E-state index is -0.0112. The summed E-state index contributed by atoms with van der Waals surface area (Å²) >= 11 is 0. The third-order valence-corrected chi connectivity index (χ3v) is 3.27. The molecule has 0 unspecified atom stereocenters. The average molecular weight is 257 g/mol. The van der Waals surface area contributed by atoms with Gasteiger partial charge in [-0.15, -0.1) is 0 Å². The molecule has 0 aliphatic rings. The van der Waals surface area contributed by atoms with Crippen molar-refractivity contribution in [2.45, 2.75) is 19.9 Å². The molecular weight excluding hydrogens is 238 g/mol. The van der Waals surface area contributed by atoms with Crippen LogP contribution in [0.25, 0.3) is 10.8 Å². The van der Waals surface area contributed by atoms with Gasteiger partial charge in [-0.05, 0) is 25.3 Å². The third-order valence-electron chi connectivity index (χ3n) is 3.27. The van der Waals surface area contributed by atoms with Crippen molar-refractivity contribution in [1.82, 2.24) is 4.90 Å². The number of hydrogen-bond acceptors (Lipinski definition) is 2. The van der Waals surface area contributed by atoms with Crippen LogP contribution in [-0.2, 0) is 4.79 Å². The zero-order valence-electron chi connectivity index (χ0n) is 11.6. The van der Waals surface area contributed by atoms with Crippen LogP contribution < -0.4 is 4.74 Å². The Kier molecular flexibility index (Phi) is 4.05. The van der Waals surface area contributed by atoms with Gasteiger partial charge in [0.05, 0.1) is 0 Å². The number of ether oxygens (including phenoxy) is 1. The molecular formula is C16H19NO2. The first-order valence-electron chi connectivity index (χ1n) is 6.46. The molecule has 1 amide bonds. The van der Waals surface area contributed by atoms with Crippen molar-refractivity contribution in [1.29, 1.82) is 0 Å². The van der Waals surface area contributed by atoms with Crippen LogP contribution in [0.2, 0.25) is 0 Å². The lowest BCUT2D eigenvalue weighted by atomic mass is 10.1. The maximum absolute atomic E-state index is 11.9. The normalized spacial score (nSPS) is 10.7. The van der Waals surface area contributed by atoms with Gasteiger partial charge in [0.25, 0.3) is 5.91 Å². The van der Waals surface area contributed by atoms with Crippen LogP contribution in [0.1, 0.15) is 13.8 Å². The Morgan fingerprint density at radius 2 is 1.84 bits per heavy atom. The molecule has 3 nitrogen and oxygen atoms in total. The second kappa shape index (κ2) is 5.74. The molecule has 0 saturated carbocycles. The van der Waals surface area contributed by atoms with Gasteiger partial charge < -0.3 is 9.64 Å². The third kappa shape index (κ3) is 3.05. The number of carbonyl (C=O) groups is 1. The first-order chi connectivity index (χ1) is 9.09. The summed E-state index contributed by atoms with van der Waals surface area (Å²) in [6.45, 7) is 4.04. The highest BCUT2D eigenvalue weighted by Crippen LogP contribution is 2.25. The minimum absolute atomic E-state index is 0.0112. The van der Waals surface area contributed by atoms with E-state index in [9.17, 15) is 4.79 Å². The van der Waals surface area contributed by atoms with Crippen molar-refractivity contribution < 1.29 is 9.53 Å². The minimum Gasteiger partial charge on any atom is -0.483 e. The summed E-state index contributed by atoms with van der Waals surface area (Å²) in [5, 5.41) is 2.15. The summed E-state index contributed by atoms with van der Waals surface area (Å²) in [6.07, 6.45) is 0. The van der Waals surface area contributed by atoms with Gasteiger partial charge in [-0.3, -0.25) is 4.79 Å². The summed E-state index contributed by atoms with van der Waals surface area (Å²) in [5.41, 5.74) is 0. The standard InChI is InChI=1S/C16H19NO2/c1-12(2)17(3)16(18)11-19-15-10-6-8-13-7-4-5-9-14(13)15/h4-10,12H,11H2,1-3H3. The molecule has 0 aromatic heterocycles. The van der Waals surface area contributed by atoms with E-state index in [2.05, 4.69) is 0 Å². The number of carbonyl (C=O) groups excluding carboxylic acids is 1. The van der Waals surface area contributed by atoms with E-state index in [4.69, 9.17) is 4.74 Å². The van der Waals surface area contributed by atoms with Crippen LogP contribution >= 0.6 is 0 Å². The summed E-state index contributed by atoms with van der Waals surface area (Å²) in [7, 11) is 1.79. The van der Waals surface area contributed by atoms with Crippen LogP contribution in [0.5, 0.6) is 5.75 Å². The molecule has 19 heavy (non-hydrogen) atoms. The van der Waals surface area contributed by atoms with Crippen molar-refractivity contribution in [2.75, 3.05) is 13.7 Å². The predicted molar refractivity (Wildman–Crippen MR) is 77.3 cm³/mol. The van der Waals surface area contributed by atoms with Crippen LogP contribution in [0.15, 0.2) is 42.5 Å². The molecule has 0 atom stereocenters. The van der Waals surface area contributed by atoms with E-state index < -0.39 is 0 Å². The van der Waals surface area contributed by atoms with E-state index in [-0.39, 0.29) is 18.6 Å². The summed E-state index contributed by atoms with van der Waals surface area (Å²) in [4.78, 5) is 13.6. The molecule has 0 saturated heterocycles. The fourth-order valence-corrected chi connectivity index (χ4v) is 1.85. The molecule has 0 spiro atoms. The van der Waals surface area contributed by atoms with Crippen molar-refractivity contribution in [3.8, 4) is 5.75 Å². The molecule has 100 valence electrons. The van der Waals surface area contributed by atoms with E-state index >= 15 is 0 Å². The van der Waals surface area contributed by atoms with Gasteiger partial charge in [0.15, 0.2) is 6.61 Å². The summed E-state index contributed by atoms with van der Waals surface area (Å²) < 4.78 is 5.66. The molecule has 0 bridgehead atoms. The SMILES string of the molecule is CC(C)N(C)C(=O)COc1cccc2ccccc12. The van der Waals surface area contributed by atoms with Gasteiger partial charge in [-0.25, -0.2) is 0 Å². The van der Waals surface area contributed by atoms with Gasteiger partial charge in [0.1, 0.15) is 5.75 Å². The van der Waals surface area contributed by atoms with E-state index in [1.165, 1.54) is 0 Å². The Bertz CT molecular complexity index is 572. The highest BCUT2D eigenvalue weighted by molar-refractivity contribution is 5.88. The van der Waals surface area contributed by atoms with E-state index in [0.29, 0.717) is 0 Å². The monoisotopic (exact) mass is 257 g/mol. The first-order valence-corrected chi connectivity index (χ1v) is 6.46. The molecule has 0 heterocycles. The zero-order chi connectivity index (χ0) is 13.8. The number of hydrogen-bond donors (Lipinski definition) is 0. The number of nitrogens with zero attached hydrogens (tertiary/aromatic N) is 1. The Morgan fingerprint density at radius 1 is 1.16 bits per heavy atom. The fourth-order valence-electron chi connectivity index (χ4n) is 1.85. The Balaban J connectivity index is 2.12. The van der Waals surface area contributed by atoms with Crippen LogP contribution in [0.4, 0.5) is 0 Å². The Morgan fingerprint density at radius 3 is 2.58 bits per heavy atom. The van der Waals surface area contributed by atoms with Gasteiger partial charge >= 0.3 is 0 Å². The van der Waals surface area contributed by atoms with Crippen molar-refractivity contribution in [3.05, 3.63) is 42.5 Å². The van der Waals surface area contributed by atoms with Gasteiger partial charge in [0.2, 0.25) is 0 Å². The second-order valence-electron chi connectivity index (χ2n) is 4.86. The number of likely N-dealkylation sites (N-methyl/N-ethyl adjacent to an activating group) is 1. The van der Waals surface area contributed by atoms with Crippen LogP contribution in [0.3, 0.4) is 0 Å². The summed E-state index contributed by atoms with van der Waals surface area (Å²) in [5.74, 6) is 0.742. The molecule has 2 rings (SSSR count). The molecule has 3 heteroatoms. The van der Waals surface area contributed by atoms with Crippen LogP contribution in [-0.4, -0.2) is 30.5 Å². The lowest BCUT2D eigenvalue weighted by Crippen LogP contribution is -2.36. The smallest absolute Gasteiger partial charge is 0.260 e. The fraction of sp³-hybridized carbons (Fsp3) is 0.312. The average Bonchev–Trinajstić information content (AvgIpc) is 2.43. The van der Waals surface area contributed by atoms with Crippen molar-refractivity contribution in [2.24, 2.45) is 0 Å². The van der Waals surface area contributed by atoms with Gasteiger partial charge in [0, 0.05) is 18.5 Å². The number of amides is 1. The largest absolute Gasteiger partial charge is 0.483 e. The van der Waals surface area contributed by atoms with E-state index in [1.54, 1.807) is 11.9 Å². The highest BCUT2D eigenvalue weighted by atomic mass is 16.5. The van der Waals surface area contributed by atoms with E-state index in [0.717, 1.165) is 16.5 Å².